The van der Waals surface area contributed by atoms with E-state index < -0.39 is 0 Å². The van der Waals surface area contributed by atoms with Crippen LogP contribution in [-0.4, -0.2) is 34.6 Å². The highest BCUT2D eigenvalue weighted by Crippen LogP contribution is 2.38. The Labute approximate surface area is 133 Å². The molecule has 1 spiro atoms. The molecule has 0 aromatic carbocycles. The van der Waals surface area contributed by atoms with Gasteiger partial charge in [-0.05, 0) is 18.3 Å². The Bertz CT molecular complexity index is 443. The zero-order valence-corrected chi connectivity index (χ0v) is 14.5. The van der Waals surface area contributed by atoms with E-state index in [0.29, 0.717) is 17.0 Å². The summed E-state index contributed by atoms with van der Waals surface area (Å²) in [4.78, 5) is 7.29. The maximum absolute atomic E-state index is 4.53. The molecule has 1 N–H and O–H groups in total. The molecule has 0 bridgehead atoms. The van der Waals surface area contributed by atoms with Crippen LogP contribution in [0, 0.1) is 5.41 Å². The summed E-state index contributed by atoms with van der Waals surface area (Å²) in [5.74, 6) is 0. The number of nitrogens with zero attached hydrogens (tertiary/aromatic N) is 2. The first-order valence-electron chi connectivity index (χ1n) is 8.36. The van der Waals surface area contributed by atoms with Crippen LogP contribution in [0.2, 0.25) is 0 Å². The molecule has 1 unspecified atom stereocenters. The Morgan fingerprint density at radius 2 is 2.10 bits per heavy atom. The van der Waals surface area contributed by atoms with Gasteiger partial charge in [0.2, 0.25) is 0 Å². The molecule has 2 fully saturated rings. The molecule has 1 saturated carbocycles. The third-order valence-electron chi connectivity index (χ3n) is 5.39. The van der Waals surface area contributed by atoms with Crippen LogP contribution in [0.5, 0.6) is 0 Å². The molecule has 1 aliphatic heterocycles. The van der Waals surface area contributed by atoms with E-state index in [0.717, 1.165) is 19.6 Å². The van der Waals surface area contributed by atoms with Gasteiger partial charge in [-0.1, -0.05) is 40.0 Å². The van der Waals surface area contributed by atoms with Crippen LogP contribution in [0.25, 0.3) is 0 Å². The van der Waals surface area contributed by atoms with Crippen LogP contribution in [0.4, 0.5) is 0 Å². The van der Waals surface area contributed by atoms with Crippen molar-refractivity contribution >= 4 is 11.3 Å². The minimum absolute atomic E-state index is 0.317. The van der Waals surface area contributed by atoms with E-state index in [1.807, 2.05) is 6.20 Å². The van der Waals surface area contributed by atoms with Crippen LogP contribution >= 0.6 is 11.3 Å². The third kappa shape index (κ3) is 3.33. The number of piperazine rings is 1. The van der Waals surface area contributed by atoms with E-state index in [2.05, 4.69) is 41.4 Å². The predicted octanol–water partition coefficient (Wildman–Crippen LogP) is 3.67. The molecular formula is C17H29N3S. The molecule has 4 heteroatoms. The van der Waals surface area contributed by atoms with Gasteiger partial charge in [0.1, 0.15) is 5.01 Å². The Kier molecular flexibility index (Phi) is 4.40. The fourth-order valence-corrected chi connectivity index (χ4v) is 4.54. The molecule has 1 atom stereocenters. The quantitative estimate of drug-likeness (QED) is 0.903. The van der Waals surface area contributed by atoms with Crippen molar-refractivity contribution in [2.75, 3.05) is 13.1 Å². The van der Waals surface area contributed by atoms with Crippen LogP contribution in [-0.2, 0) is 6.54 Å². The fourth-order valence-electron chi connectivity index (χ4n) is 3.91. The lowest BCUT2D eigenvalue weighted by atomic mass is 9.75. The Hall–Kier alpha value is -0.450. The number of rotatable bonds is 2. The number of hydrogen-bond donors (Lipinski definition) is 1. The predicted molar refractivity (Wildman–Crippen MR) is 89.6 cm³/mol. The fraction of sp³-hybridized carbons (Fsp3) is 0.824. The summed E-state index contributed by atoms with van der Waals surface area (Å²) < 4.78 is 0. The van der Waals surface area contributed by atoms with E-state index in [4.69, 9.17) is 0 Å². The van der Waals surface area contributed by atoms with E-state index >= 15 is 0 Å². The monoisotopic (exact) mass is 307 g/mol. The molecule has 118 valence electrons. The Morgan fingerprint density at radius 3 is 2.71 bits per heavy atom. The topological polar surface area (TPSA) is 28.2 Å². The van der Waals surface area contributed by atoms with Crippen LogP contribution in [0.1, 0.15) is 57.9 Å². The summed E-state index contributed by atoms with van der Waals surface area (Å²) in [6.07, 6.45) is 8.82. The second-order valence-electron chi connectivity index (χ2n) is 7.89. The van der Waals surface area contributed by atoms with Crippen molar-refractivity contribution < 1.29 is 0 Å². The Morgan fingerprint density at radius 1 is 1.33 bits per heavy atom. The lowest BCUT2D eigenvalue weighted by Crippen LogP contribution is -2.67. The Balaban J connectivity index is 1.79. The van der Waals surface area contributed by atoms with Crippen molar-refractivity contribution in [2.24, 2.45) is 5.41 Å². The SMILES string of the molecule is CC(C)(C)C1CN(Cc2nccs2)C2(CCCCC2)CN1. The molecule has 1 aliphatic carbocycles. The molecule has 1 aromatic heterocycles. The number of hydrogen-bond acceptors (Lipinski definition) is 4. The second kappa shape index (κ2) is 5.98. The zero-order chi connectivity index (χ0) is 14.9. The molecule has 2 heterocycles. The number of aromatic nitrogens is 1. The number of thiazole rings is 1. The van der Waals surface area contributed by atoms with Crippen molar-refractivity contribution in [1.82, 2.24) is 15.2 Å². The summed E-state index contributed by atoms with van der Waals surface area (Å²) in [5, 5.41) is 7.25. The van der Waals surface area contributed by atoms with Gasteiger partial charge in [0.25, 0.3) is 0 Å². The molecule has 3 nitrogen and oxygen atoms in total. The maximum atomic E-state index is 4.53. The summed E-state index contributed by atoms with van der Waals surface area (Å²) in [5.41, 5.74) is 0.697. The lowest BCUT2D eigenvalue weighted by molar-refractivity contribution is -0.0161. The molecule has 2 aliphatic rings. The van der Waals surface area contributed by atoms with E-state index in [9.17, 15) is 0 Å². The maximum Gasteiger partial charge on any atom is 0.107 e. The molecule has 3 rings (SSSR count). The van der Waals surface area contributed by atoms with Gasteiger partial charge in [0.05, 0.1) is 6.54 Å². The highest BCUT2D eigenvalue weighted by Gasteiger charge is 2.44. The summed E-state index contributed by atoms with van der Waals surface area (Å²) in [7, 11) is 0. The van der Waals surface area contributed by atoms with E-state index in [1.165, 1.54) is 37.1 Å². The standard InChI is InChI=1S/C17H29N3S/c1-16(2,3)14-11-20(12-15-18-9-10-21-15)17(13-19-14)7-5-4-6-8-17/h9-10,14,19H,4-8,11-13H2,1-3H3. The van der Waals surface area contributed by atoms with Gasteiger partial charge in [-0.3, -0.25) is 4.90 Å². The van der Waals surface area contributed by atoms with Gasteiger partial charge in [0, 0.05) is 36.2 Å². The first kappa shape index (κ1) is 15.4. The summed E-state index contributed by atoms with van der Waals surface area (Å²) in [6.45, 7) is 10.4. The first-order valence-corrected chi connectivity index (χ1v) is 9.24. The summed E-state index contributed by atoms with van der Waals surface area (Å²) in [6, 6.07) is 0.574. The molecule has 21 heavy (non-hydrogen) atoms. The minimum Gasteiger partial charge on any atom is -0.310 e. The van der Waals surface area contributed by atoms with Gasteiger partial charge in [-0.2, -0.15) is 0 Å². The molecule has 1 aromatic rings. The first-order chi connectivity index (χ1) is 10.00. The number of nitrogens with one attached hydrogen (secondary N) is 1. The lowest BCUT2D eigenvalue weighted by Gasteiger charge is -2.54. The van der Waals surface area contributed by atoms with Crippen molar-refractivity contribution in [3.63, 3.8) is 0 Å². The highest BCUT2D eigenvalue weighted by atomic mass is 32.1. The van der Waals surface area contributed by atoms with Crippen LogP contribution < -0.4 is 5.32 Å². The van der Waals surface area contributed by atoms with Gasteiger partial charge < -0.3 is 5.32 Å². The third-order valence-corrected chi connectivity index (χ3v) is 6.15. The second-order valence-corrected chi connectivity index (χ2v) is 8.87. The zero-order valence-electron chi connectivity index (χ0n) is 13.7. The van der Waals surface area contributed by atoms with Crippen LogP contribution in [0.15, 0.2) is 11.6 Å². The molecular weight excluding hydrogens is 278 g/mol. The van der Waals surface area contributed by atoms with Gasteiger partial charge >= 0.3 is 0 Å². The van der Waals surface area contributed by atoms with E-state index in [-0.39, 0.29) is 0 Å². The van der Waals surface area contributed by atoms with Crippen molar-refractivity contribution in [3.8, 4) is 0 Å². The average molecular weight is 308 g/mol. The summed E-state index contributed by atoms with van der Waals surface area (Å²) >= 11 is 1.80. The molecule has 0 radical (unpaired) electrons. The van der Waals surface area contributed by atoms with Gasteiger partial charge in [0.15, 0.2) is 0 Å². The largest absolute Gasteiger partial charge is 0.310 e. The van der Waals surface area contributed by atoms with Crippen molar-refractivity contribution in [3.05, 3.63) is 16.6 Å². The van der Waals surface area contributed by atoms with Gasteiger partial charge in [-0.15, -0.1) is 11.3 Å². The van der Waals surface area contributed by atoms with Gasteiger partial charge in [-0.25, -0.2) is 4.98 Å². The minimum atomic E-state index is 0.317. The smallest absolute Gasteiger partial charge is 0.107 e. The van der Waals surface area contributed by atoms with Crippen LogP contribution in [0.3, 0.4) is 0 Å². The normalized spacial score (nSPS) is 27.1. The van der Waals surface area contributed by atoms with E-state index in [1.54, 1.807) is 11.3 Å². The highest BCUT2D eigenvalue weighted by molar-refractivity contribution is 7.09. The van der Waals surface area contributed by atoms with Crippen molar-refractivity contribution in [2.45, 2.75) is 71.0 Å². The molecule has 1 saturated heterocycles. The van der Waals surface area contributed by atoms with Crippen molar-refractivity contribution in [1.29, 1.82) is 0 Å². The average Bonchev–Trinajstić information content (AvgIpc) is 2.94. The molecule has 0 amide bonds.